The third-order valence-corrected chi connectivity index (χ3v) is 6.34. The minimum Gasteiger partial charge on any atom is -0.464 e. The average molecular weight is 374 g/mol. The van der Waals surface area contributed by atoms with Gasteiger partial charge >= 0.3 is 0 Å². The Hall–Kier alpha value is -0.790. The molecule has 142 valence electrons. The maximum absolute atomic E-state index is 12.9. The lowest BCUT2D eigenvalue weighted by molar-refractivity contribution is -0.0230. The zero-order valence-corrected chi connectivity index (χ0v) is 15.8. The summed E-state index contributed by atoms with van der Waals surface area (Å²) in [6.07, 6.45) is 7.96. The first-order valence-corrected chi connectivity index (χ1v) is 10.2. The topological polar surface area (TPSA) is 51.4 Å². The van der Waals surface area contributed by atoms with E-state index in [1.165, 1.54) is 48.3 Å². The van der Waals surface area contributed by atoms with E-state index < -0.39 is 12.5 Å². The molecular formula is C18H29F2N3OS. The van der Waals surface area contributed by atoms with Gasteiger partial charge in [-0.1, -0.05) is 11.3 Å². The number of hydrogen-bond acceptors (Lipinski definition) is 5. The number of alkyl halides is 2. The predicted molar refractivity (Wildman–Crippen MR) is 96.6 cm³/mol. The SMILES string of the molecule is CC(F)(F)COc1nc2c(s1)CCN(CC[C@H]1CC[C@H](N)CC1)CC2. The van der Waals surface area contributed by atoms with E-state index in [1.807, 2.05) is 0 Å². The molecule has 4 nitrogen and oxygen atoms in total. The Bertz CT molecular complexity index is 528. The van der Waals surface area contributed by atoms with Crippen molar-refractivity contribution in [3.63, 3.8) is 0 Å². The molecule has 1 fully saturated rings. The smallest absolute Gasteiger partial charge is 0.278 e. The van der Waals surface area contributed by atoms with Gasteiger partial charge in [0.05, 0.1) is 5.69 Å². The number of aromatic nitrogens is 1. The van der Waals surface area contributed by atoms with Crippen LogP contribution in [0.1, 0.15) is 49.6 Å². The van der Waals surface area contributed by atoms with Gasteiger partial charge in [0.1, 0.15) is 0 Å². The van der Waals surface area contributed by atoms with Crippen LogP contribution in [0.25, 0.3) is 0 Å². The molecule has 1 saturated carbocycles. The molecule has 0 amide bonds. The number of nitrogens with zero attached hydrogens (tertiary/aromatic N) is 2. The van der Waals surface area contributed by atoms with Crippen LogP contribution in [0.3, 0.4) is 0 Å². The molecule has 0 saturated heterocycles. The van der Waals surface area contributed by atoms with Gasteiger partial charge in [0.2, 0.25) is 0 Å². The number of halogens is 2. The van der Waals surface area contributed by atoms with Crippen LogP contribution in [0.5, 0.6) is 5.19 Å². The molecule has 2 heterocycles. The van der Waals surface area contributed by atoms with Gasteiger partial charge in [0.25, 0.3) is 11.1 Å². The first-order chi connectivity index (χ1) is 11.9. The van der Waals surface area contributed by atoms with E-state index >= 15 is 0 Å². The quantitative estimate of drug-likeness (QED) is 0.829. The fraction of sp³-hybridized carbons (Fsp3) is 0.833. The summed E-state index contributed by atoms with van der Waals surface area (Å²) in [4.78, 5) is 8.14. The van der Waals surface area contributed by atoms with Gasteiger partial charge in [0.15, 0.2) is 6.61 Å². The van der Waals surface area contributed by atoms with Gasteiger partial charge in [-0.25, -0.2) is 13.8 Å². The van der Waals surface area contributed by atoms with Gasteiger partial charge < -0.3 is 15.4 Å². The highest BCUT2D eigenvalue weighted by Gasteiger charge is 2.25. The molecule has 0 aromatic carbocycles. The molecule has 1 aromatic heterocycles. The van der Waals surface area contributed by atoms with Crippen molar-refractivity contribution < 1.29 is 13.5 Å². The zero-order valence-electron chi connectivity index (χ0n) is 15.0. The third-order valence-electron chi connectivity index (χ3n) is 5.27. The average Bonchev–Trinajstić information content (AvgIpc) is 2.86. The maximum Gasteiger partial charge on any atom is 0.278 e. The number of nitrogens with two attached hydrogens (primary N) is 1. The Morgan fingerprint density at radius 3 is 2.68 bits per heavy atom. The highest BCUT2D eigenvalue weighted by molar-refractivity contribution is 7.13. The second-order valence-electron chi connectivity index (χ2n) is 7.62. The van der Waals surface area contributed by atoms with Crippen molar-refractivity contribution in [2.45, 2.75) is 63.8 Å². The number of ether oxygens (including phenoxy) is 1. The number of hydrogen-bond donors (Lipinski definition) is 1. The van der Waals surface area contributed by atoms with Crippen LogP contribution in [0.15, 0.2) is 0 Å². The Kier molecular flexibility index (Phi) is 6.28. The Labute approximate surface area is 152 Å². The molecule has 3 rings (SSSR count). The molecule has 25 heavy (non-hydrogen) atoms. The number of thiazole rings is 1. The summed E-state index contributed by atoms with van der Waals surface area (Å²) >= 11 is 1.43. The summed E-state index contributed by atoms with van der Waals surface area (Å²) in [6, 6.07) is 0.417. The van der Waals surface area contributed by atoms with Crippen molar-refractivity contribution in [2.75, 3.05) is 26.2 Å². The lowest BCUT2D eigenvalue weighted by atomic mass is 9.84. The summed E-state index contributed by atoms with van der Waals surface area (Å²) in [5.41, 5.74) is 7.02. The van der Waals surface area contributed by atoms with Gasteiger partial charge in [-0.2, -0.15) is 0 Å². The van der Waals surface area contributed by atoms with E-state index in [0.717, 1.165) is 51.0 Å². The summed E-state index contributed by atoms with van der Waals surface area (Å²) in [5.74, 6) is -1.99. The summed E-state index contributed by atoms with van der Waals surface area (Å²) in [6.45, 7) is 3.41. The number of rotatable bonds is 6. The van der Waals surface area contributed by atoms with Gasteiger partial charge in [-0.15, -0.1) is 0 Å². The van der Waals surface area contributed by atoms with E-state index in [-0.39, 0.29) is 0 Å². The van der Waals surface area contributed by atoms with Crippen LogP contribution in [-0.4, -0.2) is 48.1 Å². The first kappa shape index (κ1) is 19.0. The van der Waals surface area contributed by atoms with Gasteiger partial charge in [0, 0.05) is 37.4 Å². The molecule has 1 aromatic rings. The van der Waals surface area contributed by atoms with Crippen LogP contribution < -0.4 is 10.5 Å². The molecule has 0 bridgehead atoms. The molecule has 2 N–H and O–H groups in total. The van der Waals surface area contributed by atoms with Crippen LogP contribution in [-0.2, 0) is 12.8 Å². The van der Waals surface area contributed by atoms with Crippen molar-refractivity contribution in [3.05, 3.63) is 10.6 Å². The first-order valence-electron chi connectivity index (χ1n) is 9.36. The van der Waals surface area contributed by atoms with Crippen LogP contribution in [0.2, 0.25) is 0 Å². The van der Waals surface area contributed by atoms with E-state index in [1.54, 1.807) is 0 Å². The van der Waals surface area contributed by atoms with Crippen LogP contribution in [0.4, 0.5) is 8.78 Å². The van der Waals surface area contributed by atoms with Crippen LogP contribution >= 0.6 is 11.3 Å². The van der Waals surface area contributed by atoms with Crippen molar-refractivity contribution in [1.29, 1.82) is 0 Å². The number of fused-ring (bicyclic) bond motifs is 1. The predicted octanol–water partition coefficient (Wildman–Crippen LogP) is 3.49. The largest absolute Gasteiger partial charge is 0.464 e. The maximum atomic E-state index is 12.9. The van der Waals surface area contributed by atoms with Gasteiger partial charge in [-0.05, 0) is 51.0 Å². The fourth-order valence-electron chi connectivity index (χ4n) is 3.70. The second-order valence-corrected chi connectivity index (χ2v) is 8.67. The van der Waals surface area contributed by atoms with E-state index in [9.17, 15) is 8.78 Å². The van der Waals surface area contributed by atoms with E-state index in [0.29, 0.717) is 11.2 Å². The molecule has 1 aliphatic carbocycles. The van der Waals surface area contributed by atoms with Crippen molar-refractivity contribution in [2.24, 2.45) is 11.7 Å². The van der Waals surface area contributed by atoms with E-state index in [4.69, 9.17) is 10.5 Å². The lowest BCUT2D eigenvalue weighted by Crippen LogP contribution is -2.31. The van der Waals surface area contributed by atoms with Gasteiger partial charge in [-0.3, -0.25) is 0 Å². The second kappa shape index (κ2) is 8.27. The lowest BCUT2D eigenvalue weighted by Gasteiger charge is -2.28. The Morgan fingerprint density at radius 1 is 1.24 bits per heavy atom. The minimum absolute atomic E-state index is 0.388. The summed E-state index contributed by atoms with van der Waals surface area (Å²) in [7, 11) is 0. The van der Waals surface area contributed by atoms with E-state index in [2.05, 4.69) is 9.88 Å². The minimum atomic E-state index is -2.82. The summed E-state index contributed by atoms with van der Waals surface area (Å²) in [5, 5.41) is 0.388. The molecule has 2 aliphatic rings. The monoisotopic (exact) mass is 373 g/mol. The molecule has 7 heteroatoms. The zero-order chi connectivity index (χ0) is 17.9. The highest BCUT2D eigenvalue weighted by atomic mass is 32.1. The molecule has 0 spiro atoms. The van der Waals surface area contributed by atoms with Crippen LogP contribution in [0, 0.1) is 5.92 Å². The molecule has 0 radical (unpaired) electrons. The molecular weight excluding hydrogens is 344 g/mol. The van der Waals surface area contributed by atoms with Crippen molar-refractivity contribution in [3.8, 4) is 5.19 Å². The molecule has 1 aliphatic heterocycles. The van der Waals surface area contributed by atoms with Crippen molar-refractivity contribution >= 4 is 11.3 Å². The third kappa shape index (κ3) is 5.86. The fourth-order valence-corrected chi connectivity index (χ4v) is 4.64. The summed E-state index contributed by atoms with van der Waals surface area (Å²) < 4.78 is 31.0. The highest BCUT2D eigenvalue weighted by Crippen LogP contribution is 2.30. The standard InChI is InChI=1S/C18H29F2N3OS/c1-18(19,20)12-24-17-22-15-7-10-23(11-8-16(15)25-17)9-6-13-2-4-14(21)5-3-13/h13-14H,2-12,21H2,1H3/t13-,14-. The Morgan fingerprint density at radius 2 is 1.96 bits per heavy atom. The molecule has 0 unspecified atom stereocenters. The molecule has 0 atom stereocenters. The normalized spacial score (nSPS) is 25.4. The van der Waals surface area contributed by atoms with Crippen molar-refractivity contribution in [1.82, 2.24) is 9.88 Å². The Balaban J connectivity index is 1.44.